The smallest absolute Gasteiger partial charge is 0.147 e. The number of ether oxygens (including phenoxy) is 1. The van der Waals surface area contributed by atoms with E-state index in [-0.39, 0.29) is 5.76 Å². The summed E-state index contributed by atoms with van der Waals surface area (Å²) >= 11 is 0. The van der Waals surface area contributed by atoms with Gasteiger partial charge in [0.15, 0.2) is 0 Å². The summed E-state index contributed by atoms with van der Waals surface area (Å²) in [4.78, 5) is 0. The highest BCUT2D eigenvalue weighted by atomic mass is 19.1. The molecular weight excluding hydrogens is 155 g/mol. The molecule has 0 saturated carbocycles. The van der Waals surface area contributed by atoms with Gasteiger partial charge < -0.3 is 4.74 Å². The lowest BCUT2D eigenvalue weighted by atomic mass is 10.2. The Labute approximate surface area is 71.5 Å². The van der Waals surface area contributed by atoms with E-state index in [0.717, 1.165) is 5.56 Å². The zero-order valence-electron chi connectivity index (χ0n) is 7.01. The van der Waals surface area contributed by atoms with Crippen LogP contribution < -0.4 is 4.74 Å². The van der Waals surface area contributed by atoms with E-state index in [0.29, 0.717) is 5.75 Å². The van der Waals surface area contributed by atoms with Crippen molar-refractivity contribution in [3.63, 3.8) is 0 Å². The van der Waals surface area contributed by atoms with Crippen molar-refractivity contribution >= 4 is 0 Å². The number of halogens is 1. The van der Waals surface area contributed by atoms with Crippen LogP contribution in [0, 0.1) is 6.92 Å². The molecule has 64 valence electrons. The summed E-state index contributed by atoms with van der Waals surface area (Å²) in [5, 5.41) is 0. The number of aryl methyl sites for hydroxylation is 1. The van der Waals surface area contributed by atoms with Gasteiger partial charge in [0.05, 0.1) is 0 Å². The van der Waals surface area contributed by atoms with Gasteiger partial charge in [-0.25, -0.2) is 4.39 Å². The average Bonchev–Trinajstić information content (AvgIpc) is 2.09. The van der Waals surface area contributed by atoms with E-state index in [1.807, 2.05) is 19.1 Å². The maximum Gasteiger partial charge on any atom is 0.147 e. The molecule has 0 N–H and O–H groups in total. The van der Waals surface area contributed by atoms with Crippen LogP contribution in [-0.4, -0.2) is 6.67 Å². The van der Waals surface area contributed by atoms with Crippen LogP contribution in [0.1, 0.15) is 5.56 Å². The zero-order valence-corrected chi connectivity index (χ0v) is 7.01. The van der Waals surface area contributed by atoms with Crippen molar-refractivity contribution in [2.75, 3.05) is 6.67 Å². The van der Waals surface area contributed by atoms with Gasteiger partial charge in [-0.15, -0.1) is 0 Å². The molecule has 0 heterocycles. The number of rotatable bonds is 3. The van der Waals surface area contributed by atoms with Crippen LogP contribution >= 0.6 is 0 Å². The molecule has 0 spiro atoms. The zero-order chi connectivity index (χ0) is 8.97. The summed E-state index contributed by atoms with van der Waals surface area (Å²) in [6.07, 6.45) is 0. The lowest BCUT2D eigenvalue weighted by molar-refractivity contribution is 0.361. The molecule has 12 heavy (non-hydrogen) atoms. The Morgan fingerprint density at radius 3 is 2.50 bits per heavy atom. The number of alkyl halides is 1. The van der Waals surface area contributed by atoms with Gasteiger partial charge in [-0.3, -0.25) is 0 Å². The van der Waals surface area contributed by atoms with E-state index in [1.54, 1.807) is 12.1 Å². The molecule has 0 bridgehead atoms. The number of benzene rings is 1. The summed E-state index contributed by atoms with van der Waals surface area (Å²) in [5.41, 5.74) is 1.15. The van der Waals surface area contributed by atoms with Crippen LogP contribution in [0.2, 0.25) is 0 Å². The van der Waals surface area contributed by atoms with Crippen LogP contribution in [0.4, 0.5) is 4.39 Å². The van der Waals surface area contributed by atoms with E-state index in [9.17, 15) is 4.39 Å². The van der Waals surface area contributed by atoms with Gasteiger partial charge in [-0.1, -0.05) is 24.3 Å². The first-order valence-electron chi connectivity index (χ1n) is 3.70. The van der Waals surface area contributed by atoms with E-state index in [2.05, 4.69) is 6.58 Å². The topological polar surface area (TPSA) is 9.23 Å². The Balaban J connectivity index is 2.64. The van der Waals surface area contributed by atoms with Crippen LogP contribution in [0.5, 0.6) is 5.75 Å². The van der Waals surface area contributed by atoms with E-state index in [1.165, 1.54) is 0 Å². The van der Waals surface area contributed by atoms with Gasteiger partial charge in [-0.2, -0.15) is 0 Å². The van der Waals surface area contributed by atoms with Gasteiger partial charge in [0.2, 0.25) is 0 Å². The fourth-order valence-corrected chi connectivity index (χ4v) is 0.800. The molecule has 1 aromatic carbocycles. The second-order valence-electron chi connectivity index (χ2n) is 2.59. The summed E-state index contributed by atoms with van der Waals surface area (Å²) in [5.74, 6) is 0.766. The van der Waals surface area contributed by atoms with Gasteiger partial charge in [-0.05, 0) is 19.1 Å². The summed E-state index contributed by atoms with van der Waals surface area (Å²) in [6, 6.07) is 7.38. The Morgan fingerprint density at radius 1 is 1.42 bits per heavy atom. The first kappa shape index (κ1) is 8.78. The molecule has 0 saturated heterocycles. The molecule has 1 aromatic rings. The number of hydrogen-bond acceptors (Lipinski definition) is 1. The minimum absolute atomic E-state index is 0.138. The quantitative estimate of drug-likeness (QED) is 0.627. The molecule has 0 fully saturated rings. The molecule has 2 heteroatoms. The minimum Gasteiger partial charge on any atom is -0.460 e. The van der Waals surface area contributed by atoms with E-state index >= 15 is 0 Å². The van der Waals surface area contributed by atoms with E-state index < -0.39 is 6.67 Å². The fraction of sp³-hybridized carbons (Fsp3) is 0.200. The van der Waals surface area contributed by atoms with Crippen LogP contribution in [0.25, 0.3) is 0 Å². The molecule has 0 aromatic heterocycles. The highest BCUT2D eigenvalue weighted by molar-refractivity contribution is 5.27. The molecule has 0 aliphatic carbocycles. The van der Waals surface area contributed by atoms with Crippen LogP contribution in [-0.2, 0) is 0 Å². The molecule has 0 radical (unpaired) electrons. The predicted molar refractivity (Wildman–Crippen MR) is 46.9 cm³/mol. The van der Waals surface area contributed by atoms with Crippen molar-refractivity contribution in [1.29, 1.82) is 0 Å². The highest BCUT2D eigenvalue weighted by Crippen LogP contribution is 2.13. The lowest BCUT2D eigenvalue weighted by Gasteiger charge is -2.04. The van der Waals surface area contributed by atoms with Crippen molar-refractivity contribution in [2.24, 2.45) is 0 Å². The molecule has 0 unspecified atom stereocenters. The van der Waals surface area contributed by atoms with Crippen molar-refractivity contribution in [1.82, 2.24) is 0 Å². The fourth-order valence-electron chi connectivity index (χ4n) is 0.800. The first-order valence-corrected chi connectivity index (χ1v) is 3.70. The van der Waals surface area contributed by atoms with Crippen molar-refractivity contribution < 1.29 is 9.13 Å². The lowest BCUT2D eigenvalue weighted by Crippen LogP contribution is -1.94. The van der Waals surface area contributed by atoms with Crippen LogP contribution in [0.3, 0.4) is 0 Å². The molecule has 1 nitrogen and oxygen atoms in total. The first-order chi connectivity index (χ1) is 5.72. The maximum atomic E-state index is 11.9. The summed E-state index contributed by atoms with van der Waals surface area (Å²) in [6.45, 7) is 4.73. The monoisotopic (exact) mass is 166 g/mol. The van der Waals surface area contributed by atoms with Crippen molar-refractivity contribution in [3.8, 4) is 5.75 Å². The minimum atomic E-state index is -0.645. The van der Waals surface area contributed by atoms with Crippen molar-refractivity contribution in [2.45, 2.75) is 6.92 Å². The standard InChI is InChI=1S/C10H11FO/c1-8-3-5-10(6-4-8)12-9(2)7-11/h3-6H,2,7H2,1H3. The Kier molecular flexibility index (Phi) is 2.86. The van der Waals surface area contributed by atoms with Gasteiger partial charge >= 0.3 is 0 Å². The molecule has 0 aliphatic rings. The Hall–Kier alpha value is -1.31. The normalized spacial score (nSPS) is 9.50. The van der Waals surface area contributed by atoms with Gasteiger partial charge in [0.1, 0.15) is 18.2 Å². The number of allylic oxidation sites excluding steroid dienone is 1. The maximum absolute atomic E-state index is 11.9. The largest absolute Gasteiger partial charge is 0.460 e. The van der Waals surface area contributed by atoms with E-state index in [4.69, 9.17) is 4.74 Å². The van der Waals surface area contributed by atoms with Crippen molar-refractivity contribution in [3.05, 3.63) is 42.2 Å². The molecule has 0 amide bonds. The Morgan fingerprint density at radius 2 is 2.00 bits per heavy atom. The third-order valence-electron chi connectivity index (χ3n) is 1.43. The second kappa shape index (κ2) is 3.90. The molecule has 0 aliphatic heterocycles. The molecule has 0 atom stereocenters. The predicted octanol–water partition coefficient (Wildman–Crippen LogP) is 2.86. The summed E-state index contributed by atoms with van der Waals surface area (Å²) in [7, 11) is 0. The number of hydrogen-bond donors (Lipinski definition) is 0. The Bertz CT molecular complexity index is 264. The van der Waals surface area contributed by atoms with Gasteiger partial charge in [0, 0.05) is 0 Å². The average molecular weight is 166 g/mol. The highest BCUT2D eigenvalue weighted by Gasteiger charge is 1.95. The summed E-state index contributed by atoms with van der Waals surface area (Å²) < 4.78 is 17.0. The SMILES string of the molecule is C=C(CF)Oc1ccc(C)cc1. The van der Waals surface area contributed by atoms with Crippen LogP contribution in [0.15, 0.2) is 36.6 Å². The third kappa shape index (κ3) is 2.38. The second-order valence-corrected chi connectivity index (χ2v) is 2.59. The molecule has 1 rings (SSSR count). The third-order valence-corrected chi connectivity index (χ3v) is 1.43. The molecular formula is C10H11FO. The van der Waals surface area contributed by atoms with Gasteiger partial charge in [0.25, 0.3) is 0 Å².